The monoisotopic (exact) mass is 361 g/mol. The smallest absolute Gasteiger partial charge is 0.0647 e. The van der Waals surface area contributed by atoms with E-state index < -0.39 is 0 Å². The Morgan fingerprint density at radius 1 is 1.14 bits per heavy atom. The number of nitrogens with one attached hydrogen (secondary N) is 1. The van der Waals surface area contributed by atoms with Crippen LogP contribution >= 0.6 is 27.5 Å². The van der Waals surface area contributed by atoms with Crippen LogP contribution in [0.2, 0.25) is 5.02 Å². The highest BCUT2D eigenvalue weighted by atomic mass is 79.9. The number of anilines is 1. The van der Waals surface area contributed by atoms with E-state index in [0.29, 0.717) is 0 Å². The molecule has 0 saturated carbocycles. The van der Waals surface area contributed by atoms with Crippen molar-refractivity contribution in [2.24, 2.45) is 0 Å². The van der Waals surface area contributed by atoms with E-state index in [2.05, 4.69) is 26.3 Å². The Morgan fingerprint density at radius 2 is 1.95 bits per heavy atom. The van der Waals surface area contributed by atoms with Crippen LogP contribution in [0.5, 0.6) is 0 Å². The van der Waals surface area contributed by atoms with Crippen molar-refractivity contribution in [3.8, 4) is 5.69 Å². The van der Waals surface area contributed by atoms with Gasteiger partial charge in [0.1, 0.15) is 0 Å². The van der Waals surface area contributed by atoms with Gasteiger partial charge in [-0.3, -0.25) is 0 Å². The van der Waals surface area contributed by atoms with E-state index in [-0.39, 0.29) is 0 Å². The standard InChI is InChI=1S/C16H13BrClN3/c17-16-10-13(18)3-2-12(16)11-19-14-4-6-15(7-5-14)21-9-1-8-20-21/h1-10,19H,11H2. The van der Waals surface area contributed by atoms with Gasteiger partial charge in [0, 0.05) is 34.1 Å². The highest BCUT2D eigenvalue weighted by Crippen LogP contribution is 2.22. The number of halogens is 2. The summed E-state index contributed by atoms with van der Waals surface area (Å²) < 4.78 is 2.84. The first-order valence-electron chi connectivity index (χ1n) is 6.50. The van der Waals surface area contributed by atoms with Gasteiger partial charge >= 0.3 is 0 Å². The molecule has 0 atom stereocenters. The highest BCUT2D eigenvalue weighted by molar-refractivity contribution is 9.10. The number of hydrogen-bond acceptors (Lipinski definition) is 2. The van der Waals surface area contributed by atoms with E-state index in [4.69, 9.17) is 11.6 Å². The van der Waals surface area contributed by atoms with E-state index in [9.17, 15) is 0 Å². The van der Waals surface area contributed by atoms with Gasteiger partial charge in [0.2, 0.25) is 0 Å². The second-order valence-electron chi connectivity index (χ2n) is 4.59. The molecule has 3 aromatic rings. The third kappa shape index (κ3) is 3.46. The van der Waals surface area contributed by atoms with Gasteiger partial charge in [-0.25, -0.2) is 4.68 Å². The first-order valence-corrected chi connectivity index (χ1v) is 7.67. The van der Waals surface area contributed by atoms with Crippen LogP contribution in [0.4, 0.5) is 5.69 Å². The molecule has 0 aliphatic carbocycles. The summed E-state index contributed by atoms with van der Waals surface area (Å²) in [4.78, 5) is 0. The van der Waals surface area contributed by atoms with Gasteiger partial charge < -0.3 is 5.32 Å². The Kier molecular flexibility index (Phi) is 4.27. The molecular weight excluding hydrogens is 350 g/mol. The molecule has 21 heavy (non-hydrogen) atoms. The fourth-order valence-corrected chi connectivity index (χ4v) is 2.84. The normalized spacial score (nSPS) is 10.6. The zero-order valence-electron chi connectivity index (χ0n) is 11.1. The van der Waals surface area contributed by atoms with Crippen LogP contribution < -0.4 is 5.32 Å². The van der Waals surface area contributed by atoms with Crippen molar-refractivity contribution in [1.82, 2.24) is 9.78 Å². The van der Waals surface area contributed by atoms with Crippen LogP contribution in [-0.4, -0.2) is 9.78 Å². The van der Waals surface area contributed by atoms with Gasteiger partial charge in [-0.1, -0.05) is 33.6 Å². The predicted octanol–water partition coefficient (Wildman–Crippen LogP) is 4.90. The molecule has 0 aliphatic heterocycles. The molecule has 0 aliphatic rings. The third-order valence-corrected chi connectivity index (χ3v) is 4.11. The van der Waals surface area contributed by atoms with Crippen molar-refractivity contribution in [2.75, 3.05) is 5.32 Å². The molecule has 5 heteroatoms. The predicted molar refractivity (Wildman–Crippen MR) is 90.0 cm³/mol. The minimum absolute atomic E-state index is 0.731. The zero-order chi connectivity index (χ0) is 14.7. The number of nitrogens with zero attached hydrogens (tertiary/aromatic N) is 2. The lowest BCUT2D eigenvalue weighted by molar-refractivity contribution is 0.880. The number of rotatable bonds is 4. The van der Waals surface area contributed by atoms with Gasteiger partial charge in [-0.2, -0.15) is 5.10 Å². The number of hydrogen-bond donors (Lipinski definition) is 1. The van der Waals surface area contributed by atoms with Crippen LogP contribution in [0.1, 0.15) is 5.56 Å². The van der Waals surface area contributed by atoms with Crippen LogP contribution in [0.3, 0.4) is 0 Å². The molecule has 1 heterocycles. The molecule has 3 nitrogen and oxygen atoms in total. The Bertz CT molecular complexity index is 724. The zero-order valence-corrected chi connectivity index (χ0v) is 13.5. The van der Waals surface area contributed by atoms with Crippen molar-refractivity contribution < 1.29 is 0 Å². The lowest BCUT2D eigenvalue weighted by atomic mass is 10.2. The van der Waals surface area contributed by atoms with Gasteiger partial charge in [0.05, 0.1) is 5.69 Å². The van der Waals surface area contributed by atoms with Crippen LogP contribution in [0.15, 0.2) is 65.4 Å². The average molecular weight is 363 g/mol. The first kappa shape index (κ1) is 14.2. The summed E-state index contributed by atoms with van der Waals surface area (Å²) in [5, 5.41) is 8.33. The number of benzene rings is 2. The molecule has 0 radical (unpaired) electrons. The van der Waals surface area contributed by atoms with Crippen LogP contribution in [-0.2, 0) is 6.54 Å². The summed E-state index contributed by atoms with van der Waals surface area (Å²) in [5.74, 6) is 0. The summed E-state index contributed by atoms with van der Waals surface area (Å²) in [6.07, 6.45) is 3.69. The second kappa shape index (κ2) is 6.33. The molecule has 0 fully saturated rings. The van der Waals surface area contributed by atoms with E-state index in [1.165, 1.54) is 0 Å². The second-order valence-corrected chi connectivity index (χ2v) is 5.88. The van der Waals surface area contributed by atoms with Gasteiger partial charge in [0.15, 0.2) is 0 Å². The minimum atomic E-state index is 0.731. The minimum Gasteiger partial charge on any atom is -0.381 e. The highest BCUT2D eigenvalue weighted by Gasteiger charge is 2.01. The van der Waals surface area contributed by atoms with Crippen LogP contribution in [0, 0.1) is 0 Å². The topological polar surface area (TPSA) is 29.9 Å². The average Bonchev–Trinajstić information content (AvgIpc) is 3.01. The molecule has 3 rings (SSSR count). The maximum atomic E-state index is 5.94. The molecule has 0 unspecified atom stereocenters. The van der Waals surface area contributed by atoms with Gasteiger partial charge in [-0.05, 0) is 48.0 Å². The van der Waals surface area contributed by atoms with Crippen molar-refractivity contribution in [3.05, 3.63) is 76.0 Å². The summed E-state index contributed by atoms with van der Waals surface area (Å²) in [6, 6.07) is 15.9. The van der Waals surface area contributed by atoms with E-state index >= 15 is 0 Å². The molecule has 0 amide bonds. The number of aromatic nitrogens is 2. The lowest BCUT2D eigenvalue weighted by Crippen LogP contribution is -2.01. The van der Waals surface area contributed by atoms with Gasteiger partial charge in [-0.15, -0.1) is 0 Å². The molecule has 0 saturated heterocycles. The van der Waals surface area contributed by atoms with Crippen molar-refractivity contribution in [1.29, 1.82) is 0 Å². The molecule has 0 spiro atoms. The molecule has 0 bridgehead atoms. The fraction of sp³-hybridized carbons (Fsp3) is 0.0625. The summed E-state index contributed by atoms with van der Waals surface area (Å²) in [7, 11) is 0. The molecule has 1 N–H and O–H groups in total. The third-order valence-electron chi connectivity index (χ3n) is 3.13. The Labute approximate surface area is 136 Å². The van der Waals surface area contributed by atoms with E-state index in [1.54, 1.807) is 6.20 Å². The lowest BCUT2D eigenvalue weighted by Gasteiger charge is -2.09. The molecule has 2 aromatic carbocycles. The van der Waals surface area contributed by atoms with Gasteiger partial charge in [0.25, 0.3) is 0 Å². The Hall–Kier alpha value is -1.78. The molecular formula is C16H13BrClN3. The fourth-order valence-electron chi connectivity index (χ4n) is 2.02. The van der Waals surface area contributed by atoms with Crippen molar-refractivity contribution in [3.63, 3.8) is 0 Å². The van der Waals surface area contributed by atoms with Crippen molar-refractivity contribution in [2.45, 2.75) is 6.54 Å². The summed E-state index contributed by atoms with van der Waals surface area (Å²) >= 11 is 9.46. The molecule has 106 valence electrons. The Balaban J connectivity index is 1.68. The molecule has 1 aromatic heterocycles. The van der Waals surface area contributed by atoms with E-state index in [0.717, 1.165) is 33.0 Å². The van der Waals surface area contributed by atoms with E-state index in [1.807, 2.05) is 59.4 Å². The summed E-state index contributed by atoms with van der Waals surface area (Å²) in [5.41, 5.74) is 3.27. The first-order chi connectivity index (χ1) is 10.2. The Morgan fingerprint density at radius 3 is 2.62 bits per heavy atom. The SMILES string of the molecule is Clc1ccc(CNc2ccc(-n3cccn3)cc2)c(Br)c1. The maximum Gasteiger partial charge on any atom is 0.0647 e. The van der Waals surface area contributed by atoms with Crippen LogP contribution in [0.25, 0.3) is 5.69 Å². The quantitative estimate of drug-likeness (QED) is 0.715. The summed E-state index contributed by atoms with van der Waals surface area (Å²) in [6.45, 7) is 0.735. The largest absolute Gasteiger partial charge is 0.381 e. The maximum absolute atomic E-state index is 5.94. The van der Waals surface area contributed by atoms with Crippen molar-refractivity contribution >= 4 is 33.2 Å².